The smallest absolute Gasteiger partial charge is 0.0320 e. The Morgan fingerprint density at radius 3 is 2.38 bits per heavy atom. The van der Waals surface area contributed by atoms with Crippen LogP contribution in [0.4, 0.5) is 0 Å². The first kappa shape index (κ1) is 13.4. The van der Waals surface area contributed by atoms with Gasteiger partial charge in [0.2, 0.25) is 0 Å². The summed E-state index contributed by atoms with van der Waals surface area (Å²) >= 11 is 6.85. The van der Waals surface area contributed by atoms with Crippen LogP contribution in [0, 0.1) is 0 Å². The van der Waals surface area contributed by atoms with E-state index in [1.807, 2.05) is 12.1 Å². The summed E-state index contributed by atoms with van der Waals surface area (Å²) < 4.78 is 2.12. The Kier molecular flexibility index (Phi) is 6.21. The van der Waals surface area contributed by atoms with Crippen molar-refractivity contribution in [2.45, 2.75) is 19.4 Å². The molecule has 4 heteroatoms. The van der Waals surface area contributed by atoms with Gasteiger partial charge in [-0.05, 0) is 56.0 Å². The van der Waals surface area contributed by atoms with E-state index in [1.165, 1.54) is 5.56 Å². The van der Waals surface area contributed by atoms with E-state index in [-0.39, 0.29) is 18.4 Å². The molecule has 0 aliphatic heterocycles. The van der Waals surface area contributed by atoms with Crippen LogP contribution in [0.15, 0.2) is 27.1 Å². The fourth-order valence-electron chi connectivity index (χ4n) is 0.979. The van der Waals surface area contributed by atoms with Gasteiger partial charge >= 0.3 is 0 Å². The molecule has 0 spiro atoms. The number of rotatable bonds is 2. The summed E-state index contributed by atoms with van der Waals surface area (Å²) in [5, 5.41) is 0. The summed E-state index contributed by atoms with van der Waals surface area (Å²) in [4.78, 5) is 0. The second kappa shape index (κ2) is 6.02. The molecule has 0 heterocycles. The summed E-state index contributed by atoms with van der Waals surface area (Å²) in [6.45, 7) is 2.08. The summed E-state index contributed by atoms with van der Waals surface area (Å²) in [5.41, 5.74) is 7.05. The SMILES string of the molecule is CC[C@H](N)c1ccc(Br)c(Br)c1.Cl. The molecule has 13 heavy (non-hydrogen) atoms. The van der Waals surface area contributed by atoms with Gasteiger partial charge in [0.15, 0.2) is 0 Å². The van der Waals surface area contributed by atoms with Gasteiger partial charge in [0.25, 0.3) is 0 Å². The van der Waals surface area contributed by atoms with Crippen LogP contribution in [0.1, 0.15) is 24.9 Å². The predicted molar refractivity (Wildman–Crippen MR) is 66.3 cm³/mol. The third-order valence-electron chi connectivity index (χ3n) is 1.81. The average Bonchev–Trinajstić information content (AvgIpc) is 2.08. The van der Waals surface area contributed by atoms with E-state index in [2.05, 4.69) is 44.8 Å². The second-order valence-corrected chi connectivity index (χ2v) is 4.40. The van der Waals surface area contributed by atoms with Gasteiger partial charge < -0.3 is 5.73 Å². The van der Waals surface area contributed by atoms with Crippen LogP contribution >= 0.6 is 44.3 Å². The third kappa shape index (κ3) is 3.58. The lowest BCUT2D eigenvalue weighted by Gasteiger charge is -2.09. The second-order valence-electron chi connectivity index (χ2n) is 2.69. The molecule has 74 valence electrons. The number of benzene rings is 1. The van der Waals surface area contributed by atoms with E-state index in [0.717, 1.165) is 15.4 Å². The molecule has 0 bridgehead atoms. The topological polar surface area (TPSA) is 26.0 Å². The maximum absolute atomic E-state index is 5.88. The zero-order valence-corrected chi connectivity index (χ0v) is 11.2. The average molecular weight is 329 g/mol. The Bertz CT molecular complexity index is 278. The lowest BCUT2D eigenvalue weighted by atomic mass is 10.1. The summed E-state index contributed by atoms with van der Waals surface area (Å²) in [6.07, 6.45) is 0.966. The highest BCUT2D eigenvalue weighted by Crippen LogP contribution is 2.26. The summed E-state index contributed by atoms with van der Waals surface area (Å²) in [7, 11) is 0. The van der Waals surface area contributed by atoms with E-state index < -0.39 is 0 Å². The quantitative estimate of drug-likeness (QED) is 0.870. The Morgan fingerprint density at radius 1 is 1.31 bits per heavy atom. The standard InChI is InChI=1S/C9H11Br2N.ClH/c1-2-9(12)6-3-4-7(10)8(11)5-6;/h3-5,9H,2,12H2,1H3;1H/t9-;/m0./s1. The fraction of sp³-hybridized carbons (Fsp3) is 0.333. The summed E-state index contributed by atoms with van der Waals surface area (Å²) in [5.74, 6) is 0. The molecular formula is C9H12Br2ClN. The molecular weight excluding hydrogens is 317 g/mol. The van der Waals surface area contributed by atoms with Crippen LogP contribution in [0.5, 0.6) is 0 Å². The zero-order chi connectivity index (χ0) is 9.14. The number of hydrogen-bond acceptors (Lipinski definition) is 1. The Balaban J connectivity index is 0.00000144. The van der Waals surface area contributed by atoms with Crippen molar-refractivity contribution in [3.63, 3.8) is 0 Å². The van der Waals surface area contributed by atoms with Crippen LogP contribution in [-0.4, -0.2) is 0 Å². The van der Waals surface area contributed by atoms with Gasteiger partial charge in [0.1, 0.15) is 0 Å². The van der Waals surface area contributed by atoms with Crippen molar-refractivity contribution in [1.29, 1.82) is 0 Å². The molecule has 0 aliphatic carbocycles. The third-order valence-corrected chi connectivity index (χ3v) is 3.69. The molecule has 0 amide bonds. The maximum Gasteiger partial charge on any atom is 0.0320 e. The van der Waals surface area contributed by atoms with Gasteiger partial charge in [-0.3, -0.25) is 0 Å². The highest BCUT2D eigenvalue weighted by atomic mass is 79.9. The first-order valence-electron chi connectivity index (χ1n) is 3.85. The molecule has 0 aliphatic rings. The monoisotopic (exact) mass is 327 g/mol. The van der Waals surface area contributed by atoms with E-state index in [1.54, 1.807) is 0 Å². The highest BCUT2D eigenvalue weighted by molar-refractivity contribution is 9.13. The van der Waals surface area contributed by atoms with E-state index in [0.29, 0.717) is 0 Å². The number of hydrogen-bond donors (Lipinski definition) is 1. The number of halogens is 3. The maximum atomic E-state index is 5.88. The lowest BCUT2D eigenvalue weighted by Crippen LogP contribution is -2.08. The van der Waals surface area contributed by atoms with Crippen LogP contribution < -0.4 is 5.73 Å². The van der Waals surface area contributed by atoms with Crippen molar-refractivity contribution < 1.29 is 0 Å². The Morgan fingerprint density at radius 2 is 1.92 bits per heavy atom. The molecule has 1 nitrogen and oxygen atoms in total. The molecule has 2 N–H and O–H groups in total. The van der Waals surface area contributed by atoms with E-state index >= 15 is 0 Å². The van der Waals surface area contributed by atoms with Crippen molar-refractivity contribution in [3.8, 4) is 0 Å². The molecule has 0 saturated heterocycles. The van der Waals surface area contributed by atoms with Crippen molar-refractivity contribution >= 4 is 44.3 Å². The molecule has 1 aromatic carbocycles. The minimum absolute atomic E-state index is 0. The predicted octanol–water partition coefficient (Wildman–Crippen LogP) is 4.04. The Labute approximate surface area is 102 Å². The van der Waals surface area contributed by atoms with Crippen LogP contribution in [0.3, 0.4) is 0 Å². The minimum atomic E-state index is 0. The molecule has 0 unspecified atom stereocenters. The van der Waals surface area contributed by atoms with Crippen LogP contribution in [0.25, 0.3) is 0 Å². The molecule has 1 aromatic rings. The normalized spacial score (nSPS) is 12.0. The Hall–Kier alpha value is 0.430. The molecule has 0 fully saturated rings. The summed E-state index contributed by atoms with van der Waals surface area (Å²) in [6, 6.07) is 6.25. The van der Waals surface area contributed by atoms with Gasteiger partial charge in [-0.25, -0.2) is 0 Å². The highest BCUT2D eigenvalue weighted by Gasteiger charge is 2.04. The van der Waals surface area contributed by atoms with Gasteiger partial charge in [0.05, 0.1) is 0 Å². The van der Waals surface area contributed by atoms with Crippen LogP contribution in [-0.2, 0) is 0 Å². The largest absolute Gasteiger partial charge is 0.324 e. The number of nitrogens with two attached hydrogens (primary N) is 1. The molecule has 1 rings (SSSR count). The van der Waals surface area contributed by atoms with Gasteiger partial charge in [-0.2, -0.15) is 0 Å². The zero-order valence-electron chi connectivity index (χ0n) is 7.26. The van der Waals surface area contributed by atoms with Gasteiger partial charge in [0, 0.05) is 15.0 Å². The van der Waals surface area contributed by atoms with Gasteiger partial charge in [-0.15, -0.1) is 12.4 Å². The van der Waals surface area contributed by atoms with E-state index in [4.69, 9.17) is 5.73 Å². The van der Waals surface area contributed by atoms with Crippen LogP contribution in [0.2, 0.25) is 0 Å². The minimum Gasteiger partial charge on any atom is -0.324 e. The van der Waals surface area contributed by atoms with Crippen molar-refractivity contribution in [2.75, 3.05) is 0 Å². The molecule has 1 atom stereocenters. The van der Waals surface area contributed by atoms with Crippen molar-refractivity contribution in [1.82, 2.24) is 0 Å². The van der Waals surface area contributed by atoms with Crippen molar-refractivity contribution in [2.24, 2.45) is 5.73 Å². The van der Waals surface area contributed by atoms with Gasteiger partial charge in [-0.1, -0.05) is 13.0 Å². The lowest BCUT2D eigenvalue weighted by molar-refractivity contribution is 0.698. The molecule has 0 radical (unpaired) electrons. The first-order valence-corrected chi connectivity index (χ1v) is 5.44. The first-order chi connectivity index (χ1) is 5.65. The fourth-order valence-corrected chi connectivity index (χ4v) is 1.62. The molecule has 0 saturated carbocycles. The molecule has 0 aromatic heterocycles. The van der Waals surface area contributed by atoms with E-state index in [9.17, 15) is 0 Å². The van der Waals surface area contributed by atoms with Crippen molar-refractivity contribution in [3.05, 3.63) is 32.7 Å².